The number of rotatable bonds is 5. The summed E-state index contributed by atoms with van der Waals surface area (Å²) < 4.78 is 0. The van der Waals surface area contributed by atoms with Crippen LogP contribution >= 0.6 is 0 Å². The Morgan fingerprint density at radius 3 is 2.62 bits per heavy atom. The second kappa shape index (κ2) is 8.17. The van der Waals surface area contributed by atoms with E-state index in [1.165, 1.54) is 30.4 Å². The van der Waals surface area contributed by atoms with E-state index in [2.05, 4.69) is 50.3 Å². The van der Waals surface area contributed by atoms with Crippen LogP contribution in [0.15, 0.2) is 53.6 Å². The number of aliphatic hydroxyl groups is 1. The molecular weight excluding hydrogens is 396 g/mol. The van der Waals surface area contributed by atoms with Crippen molar-refractivity contribution in [3.8, 4) is 0 Å². The average Bonchev–Trinajstić information content (AvgIpc) is 3.15. The van der Waals surface area contributed by atoms with E-state index in [0.717, 1.165) is 32.1 Å². The molecule has 3 nitrogen and oxygen atoms in total. The molecule has 0 saturated heterocycles. The van der Waals surface area contributed by atoms with Gasteiger partial charge in [-0.2, -0.15) is 0 Å². The predicted molar refractivity (Wildman–Crippen MR) is 127 cm³/mol. The van der Waals surface area contributed by atoms with Gasteiger partial charge in [0.15, 0.2) is 0 Å². The molecule has 0 aliphatic heterocycles. The number of allylic oxidation sites excluding steroid dienone is 3. The Balaban J connectivity index is 1.33. The van der Waals surface area contributed by atoms with Gasteiger partial charge in [0.05, 0.1) is 6.10 Å². The molecule has 2 fully saturated rings. The summed E-state index contributed by atoms with van der Waals surface area (Å²) in [5.74, 6) is 1.65. The van der Waals surface area contributed by atoms with Gasteiger partial charge in [0, 0.05) is 5.57 Å². The number of hydrogen-bond acceptors (Lipinski definition) is 2. The molecule has 32 heavy (non-hydrogen) atoms. The molecule has 0 aromatic heterocycles. The molecule has 172 valence electrons. The van der Waals surface area contributed by atoms with Gasteiger partial charge < -0.3 is 10.2 Å². The third kappa shape index (κ3) is 3.48. The van der Waals surface area contributed by atoms with E-state index >= 15 is 0 Å². The minimum Gasteiger partial charge on any atom is -0.478 e. The molecule has 0 radical (unpaired) electrons. The van der Waals surface area contributed by atoms with Crippen molar-refractivity contribution in [2.24, 2.45) is 34.5 Å². The van der Waals surface area contributed by atoms with Crippen LogP contribution in [0.1, 0.15) is 70.8 Å². The maximum Gasteiger partial charge on any atom is 0.331 e. The van der Waals surface area contributed by atoms with Crippen LogP contribution < -0.4 is 0 Å². The highest BCUT2D eigenvalue weighted by Gasteiger charge is 2.59. The molecule has 7 atom stereocenters. The zero-order valence-electron chi connectivity index (χ0n) is 19.6. The Morgan fingerprint density at radius 1 is 1.09 bits per heavy atom. The highest BCUT2D eigenvalue weighted by molar-refractivity contribution is 5.87. The molecule has 4 aliphatic carbocycles. The van der Waals surface area contributed by atoms with Gasteiger partial charge in [0.2, 0.25) is 0 Å². The largest absolute Gasteiger partial charge is 0.478 e. The lowest BCUT2D eigenvalue weighted by Crippen LogP contribution is -2.50. The lowest BCUT2D eigenvalue weighted by Gasteiger charge is -2.57. The van der Waals surface area contributed by atoms with Crippen LogP contribution in [0.4, 0.5) is 0 Å². The monoisotopic (exact) mass is 434 g/mol. The third-order valence-corrected chi connectivity index (χ3v) is 10.2. The normalized spacial score (nSPS) is 39.2. The van der Waals surface area contributed by atoms with E-state index in [-0.39, 0.29) is 16.9 Å². The molecule has 5 rings (SSSR count). The summed E-state index contributed by atoms with van der Waals surface area (Å²) in [6.07, 6.45) is 13.5. The summed E-state index contributed by atoms with van der Waals surface area (Å²) in [5.41, 5.74) is 3.53. The van der Waals surface area contributed by atoms with Crippen molar-refractivity contribution < 1.29 is 15.0 Å². The van der Waals surface area contributed by atoms with Gasteiger partial charge in [-0.05, 0) is 110 Å². The number of aliphatic hydroxyl groups excluding tert-OH is 1. The summed E-state index contributed by atoms with van der Waals surface area (Å²) in [6, 6.07) is 10.6. The maximum absolute atomic E-state index is 11.5. The molecule has 2 saturated carbocycles. The number of aliphatic carboxylic acids is 1. The second-order valence-corrected chi connectivity index (χ2v) is 11.5. The predicted octanol–water partition coefficient (Wildman–Crippen LogP) is 6.18. The molecule has 3 heteroatoms. The van der Waals surface area contributed by atoms with E-state index in [1.54, 1.807) is 0 Å². The van der Waals surface area contributed by atoms with Gasteiger partial charge in [-0.15, -0.1) is 0 Å². The van der Waals surface area contributed by atoms with Crippen LogP contribution in [0, 0.1) is 34.5 Å². The summed E-state index contributed by atoms with van der Waals surface area (Å²) in [6.45, 7) is 4.87. The quantitative estimate of drug-likeness (QED) is 0.582. The number of aryl methyl sites for hydroxylation is 1. The zero-order chi connectivity index (χ0) is 22.5. The fourth-order valence-corrected chi connectivity index (χ4v) is 8.33. The Morgan fingerprint density at radius 2 is 1.88 bits per heavy atom. The van der Waals surface area contributed by atoms with Gasteiger partial charge in [-0.25, -0.2) is 4.79 Å². The Kier molecular flexibility index (Phi) is 5.60. The molecule has 2 N–H and O–H groups in total. The maximum atomic E-state index is 11.5. The van der Waals surface area contributed by atoms with Crippen molar-refractivity contribution in [2.45, 2.75) is 77.7 Å². The van der Waals surface area contributed by atoms with Gasteiger partial charge in [0.25, 0.3) is 0 Å². The summed E-state index contributed by atoms with van der Waals surface area (Å²) >= 11 is 0. The van der Waals surface area contributed by atoms with Crippen molar-refractivity contribution in [1.29, 1.82) is 0 Å². The summed E-state index contributed by atoms with van der Waals surface area (Å²) in [5, 5.41) is 20.7. The van der Waals surface area contributed by atoms with Crippen molar-refractivity contribution in [3.05, 3.63) is 59.2 Å². The fraction of sp³-hybridized carbons (Fsp3) is 0.621. The van der Waals surface area contributed by atoms with Crippen LogP contribution in [0.3, 0.4) is 0 Å². The number of carboxylic acids is 1. The van der Waals surface area contributed by atoms with E-state index in [0.29, 0.717) is 35.7 Å². The lowest BCUT2D eigenvalue weighted by atomic mass is 9.47. The molecule has 0 unspecified atom stereocenters. The van der Waals surface area contributed by atoms with Gasteiger partial charge in [-0.1, -0.05) is 50.3 Å². The van der Waals surface area contributed by atoms with Crippen LogP contribution in [0.5, 0.6) is 0 Å². The zero-order valence-corrected chi connectivity index (χ0v) is 19.6. The topological polar surface area (TPSA) is 57.5 Å². The Hall–Kier alpha value is -1.87. The van der Waals surface area contributed by atoms with Crippen molar-refractivity contribution in [2.75, 3.05) is 0 Å². The van der Waals surface area contributed by atoms with E-state index in [4.69, 9.17) is 0 Å². The average molecular weight is 435 g/mol. The molecule has 0 spiro atoms. The Bertz CT molecular complexity index is 931. The van der Waals surface area contributed by atoms with Gasteiger partial charge >= 0.3 is 5.97 Å². The van der Waals surface area contributed by atoms with Gasteiger partial charge in [-0.3, -0.25) is 0 Å². The van der Waals surface area contributed by atoms with Crippen molar-refractivity contribution in [3.63, 3.8) is 0 Å². The third-order valence-electron chi connectivity index (χ3n) is 10.2. The minimum absolute atomic E-state index is 0.118. The van der Waals surface area contributed by atoms with E-state index in [9.17, 15) is 15.0 Å². The second-order valence-electron chi connectivity index (χ2n) is 11.5. The van der Waals surface area contributed by atoms with Crippen molar-refractivity contribution in [1.82, 2.24) is 0 Å². The first-order chi connectivity index (χ1) is 15.3. The highest BCUT2D eigenvalue weighted by atomic mass is 16.4. The number of carbonyl (C=O) groups is 1. The Labute approximate surface area is 192 Å². The first-order valence-corrected chi connectivity index (χ1v) is 12.7. The minimum atomic E-state index is -0.755. The molecule has 4 aliphatic rings. The number of carboxylic acid groups (broad SMARTS) is 1. The summed E-state index contributed by atoms with van der Waals surface area (Å²) in [4.78, 5) is 11.5. The molecule has 1 aromatic carbocycles. The summed E-state index contributed by atoms with van der Waals surface area (Å²) in [7, 11) is 0. The number of benzene rings is 1. The fourth-order valence-electron chi connectivity index (χ4n) is 8.33. The van der Waals surface area contributed by atoms with E-state index in [1.807, 2.05) is 6.08 Å². The number of hydrogen-bond donors (Lipinski definition) is 2. The molecular formula is C29H38O3. The first kappa shape index (κ1) is 21.9. The lowest BCUT2D eigenvalue weighted by molar-refractivity contribution is -0.133. The van der Waals surface area contributed by atoms with Crippen LogP contribution in [-0.2, 0) is 11.2 Å². The van der Waals surface area contributed by atoms with Gasteiger partial charge in [0.1, 0.15) is 0 Å². The standard InChI is InChI=1S/C29H38O3/c1-28-16-14-20(27(31)32)18-21(28)9-10-22-23-11-12-25(29(23,2)17-15-24(22)28)26(30)13-8-19-6-4-3-5-7-19/h3-7,9,18,22-26,30H,8,10-17H2,1-2H3,(H,31,32)/t22-,23-,24-,25+,26-,28-,29-/m0/s1. The van der Waals surface area contributed by atoms with Crippen LogP contribution in [0.25, 0.3) is 0 Å². The molecule has 0 heterocycles. The number of fused-ring (bicyclic) bond motifs is 5. The molecule has 0 bridgehead atoms. The van der Waals surface area contributed by atoms with Crippen molar-refractivity contribution >= 4 is 5.97 Å². The highest BCUT2D eigenvalue weighted by Crippen LogP contribution is 2.66. The smallest absolute Gasteiger partial charge is 0.331 e. The SMILES string of the molecule is C[C@]12CC[C@H]3[C@@H](CC=C4C=C(C(=O)O)CC[C@@]43C)[C@@H]1CC[C@@H]2[C@@H](O)CCc1ccccc1. The molecule has 0 amide bonds. The first-order valence-electron chi connectivity index (χ1n) is 12.7. The van der Waals surface area contributed by atoms with E-state index < -0.39 is 5.97 Å². The van der Waals surface area contributed by atoms with Crippen LogP contribution in [0.2, 0.25) is 0 Å². The van der Waals surface area contributed by atoms with Crippen LogP contribution in [-0.4, -0.2) is 22.3 Å². The molecule has 1 aromatic rings.